The molecule has 0 saturated carbocycles. The van der Waals surface area contributed by atoms with E-state index in [1.165, 1.54) is 18.4 Å². The number of hydrogen-bond acceptors (Lipinski definition) is 4. The summed E-state index contributed by atoms with van der Waals surface area (Å²) < 4.78 is 31.6. The van der Waals surface area contributed by atoms with E-state index in [0.717, 1.165) is 9.87 Å². The Morgan fingerprint density at radius 1 is 1.23 bits per heavy atom. The van der Waals surface area contributed by atoms with Gasteiger partial charge in [-0.3, -0.25) is 4.79 Å². The fraction of sp³-hybridized carbons (Fsp3) is 0.267. The minimum absolute atomic E-state index is 0.00348. The molecule has 0 amide bonds. The van der Waals surface area contributed by atoms with Crippen molar-refractivity contribution in [3.63, 3.8) is 0 Å². The molecule has 1 aromatic heterocycles. The molecule has 0 saturated heterocycles. The van der Waals surface area contributed by atoms with Gasteiger partial charge in [0.25, 0.3) is 0 Å². The van der Waals surface area contributed by atoms with E-state index in [4.69, 9.17) is 9.52 Å². The quantitative estimate of drug-likeness (QED) is 0.844. The van der Waals surface area contributed by atoms with Crippen LogP contribution in [0.3, 0.4) is 0 Å². The van der Waals surface area contributed by atoms with Crippen LogP contribution in [-0.4, -0.2) is 30.3 Å². The summed E-state index contributed by atoms with van der Waals surface area (Å²) in [7, 11) is -3.78. The van der Waals surface area contributed by atoms with Gasteiger partial charge in [0.15, 0.2) is 0 Å². The normalized spacial score (nSPS) is 11.7. The van der Waals surface area contributed by atoms with Crippen LogP contribution in [0.25, 0.3) is 0 Å². The maximum Gasteiger partial charge on any atom is 0.304 e. The second-order valence-electron chi connectivity index (χ2n) is 4.87. The number of nitrogens with zero attached hydrogens (tertiary/aromatic N) is 1. The van der Waals surface area contributed by atoms with Gasteiger partial charge >= 0.3 is 5.97 Å². The summed E-state index contributed by atoms with van der Waals surface area (Å²) in [4.78, 5) is 10.9. The molecule has 0 aliphatic heterocycles. The molecule has 1 N–H and O–H groups in total. The number of rotatable bonds is 7. The van der Waals surface area contributed by atoms with E-state index in [9.17, 15) is 13.2 Å². The molecule has 0 unspecified atom stereocenters. The number of aryl methyl sites for hydroxylation is 1. The summed E-state index contributed by atoms with van der Waals surface area (Å²) in [6.07, 6.45) is 1.18. The molecule has 6 nitrogen and oxygen atoms in total. The van der Waals surface area contributed by atoms with E-state index in [2.05, 4.69) is 0 Å². The topological polar surface area (TPSA) is 87.8 Å². The number of furan rings is 1. The molecule has 0 aliphatic carbocycles. The van der Waals surface area contributed by atoms with Gasteiger partial charge in [-0.25, -0.2) is 8.42 Å². The van der Waals surface area contributed by atoms with Gasteiger partial charge in [0.2, 0.25) is 10.0 Å². The highest BCUT2D eigenvalue weighted by molar-refractivity contribution is 7.89. The lowest BCUT2D eigenvalue weighted by atomic mass is 10.2. The number of hydrogen-bond donors (Lipinski definition) is 1. The molecule has 22 heavy (non-hydrogen) atoms. The standard InChI is InChI=1S/C15H17NO5S/c1-12-4-6-14(7-5-12)22(19,20)16(9-8-15(17)18)11-13-3-2-10-21-13/h2-7,10H,8-9,11H2,1H3,(H,17,18). The van der Waals surface area contributed by atoms with Crippen molar-refractivity contribution in [3.8, 4) is 0 Å². The van der Waals surface area contributed by atoms with Gasteiger partial charge in [0.05, 0.1) is 24.1 Å². The maximum atomic E-state index is 12.7. The maximum absolute atomic E-state index is 12.7. The summed E-state index contributed by atoms with van der Waals surface area (Å²) in [6.45, 7) is 1.74. The second kappa shape index (κ2) is 6.76. The van der Waals surface area contributed by atoms with Crippen LogP contribution < -0.4 is 0 Å². The lowest BCUT2D eigenvalue weighted by molar-refractivity contribution is -0.137. The van der Waals surface area contributed by atoms with Crippen molar-refractivity contribution in [1.29, 1.82) is 0 Å². The Labute approximate surface area is 129 Å². The van der Waals surface area contributed by atoms with Crippen LogP contribution in [0.4, 0.5) is 0 Å². The molecule has 0 bridgehead atoms. The molecule has 7 heteroatoms. The summed E-state index contributed by atoms with van der Waals surface area (Å²) in [5.74, 6) is -0.593. The number of carboxylic acid groups (broad SMARTS) is 1. The zero-order valence-corrected chi connectivity index (χ0v) is 12.9. The first kappa shape index (κ1) is 16.3. The smallest absolute Gasteiger partial charge is 0.304 e. The van der Waals surface area contributed by atoms with Crippen LogP contribution in [0.5, 0.6) is 0 Å². The van der Waals surface area contributed by atoms with E-state index in [0.29, 0.717) is 5.76 Å². The molecule has 1 aromatic carbocycles. The fourth-order valence-electron chi connectivity index (χ4n) is 1.94. The Morgan fingerprint density at radius 2 is 1.91 bits per heavy atom. The average molecular weight is 323 g/mol. The number of carbonyl (C=O) groups is 1. The van der Waals surface area contributed by atoms with Crippen molar-refractivity contribution < 1.29 is 22.7 Å². The van der Waals surface area contributed by atoms with Crippen molar-refractivity contribution in [3.05, 3.63) is 54.0 Å². The van der Waals surface area contributed by atoms with Crippen LogP contribution in [0, 0.1) is 6.92 Å². The van der Waals surface area contributed by atoms with Crippen LogP contribution in [0.2, 0.25) is 0 Å². The molecule has 2 aromatic rings. The lowest BCUT2D eigenvalue weighted by Crippen LogP contribution is -2.32. The van der Waals surface area contributed by atoms with Gasteiger partial charge in [-0.1, -0.05) is 17.7 Å². The minimum Gasteiger partial charge on any atom is -0.481 e. The number of carboxylic acids is 1. The molecular formula is C15H17NO5S. The highest BCUT2D eigenvalue weighted by atomic mass is 32.2. The Bertz CT molecular complexity index is 720. The Kier molecular flexibility index (Phi) is 4.99. The van der Waals surface area contributed by atoms with Gasteiger partial charge in [-0.15, -0.1) is 0 Å². The molecule has 0 atom stereocenters. The van der Waals surface area contributed by atoms with Crippen molar-refractivity contribution in [1.82, 2.24) is 4.31 Å². The Morgan fingerprint density at radius 3 is 2.45 bits per heavy atom. The molecule has 118 valence electrons. The van der Waals surface area contributed by atoms with E-state index in [-0.39, 0.29) is 24.4 Å². The summed E-state index contributed by atoms with van der Waals surface area (Å²) >= 11 is 0. The van der Waals surface area contributed by atoms with Gasteiger partial charge in [-0.2, -0.15) is 4.31 Å². The van der Waals surface area contributed by atoms with E-state index >= 15 is 0 Å². The lowest BCUT2D eigenvalue weighted by Gasteiger charge is -2.20. The first-order valence-electron chi connectivity index (χ1n) is 6.70. The zero-order valence-electron chi connectivity index (χ0n) is 12.1. The minimum atomic E-state index is -3.78. The molecule has 0 fully saturated rings. The Balaban J connectivity index is 2.29. The molecule has 0 aliphatic rings. The molecule has 2 rings (SSSR count). The summed E-state index contributed by atoms with van der Waals surface area (Å²) in [6, 6.07) is 9.74. The first-order chi connectivity index (χ1) is 10.4. The average Bonchev–Trinajstić information content (AvgIpc) is 2.96. The highest BCUT2D eigenvalue weighted by Gasteiger charge is 2.25. The number of benzene rings is 1. The monoisotopic (exact) mass is 323 g/mol. The zero-order chi connectivity index (χ0) is 16.2. The van der Waals surface area contributed by atoms with E-state index in [1.807, 2.05) is 6.92 Å². The van der Waals surface area contributed by atoms with Crippen molar-refractivity contribution in [2.45, 2.75) is 24.8 Å². The van der Waals surface area contributed by atoms with Crippen molar-refractivity contribution >= 4 is 16.0 Å². The Hall–Kier alpha value is -2.12. The van der Waals surface area contributed by atoms with Gasteiger partial charge < -0.3 is 9.52 Å². The van der Waals surface area contributed by atoms with Crippen molar-refractivity contribution in [2.24, 2.45) is 0 Å². The predicted molar refractivity (Wildman–Crippen MR) is 79.7 cm³/mol. The van der Waals surface area contributed by atoms with Crippen LogP contribution >= 0.6 is 0 Å². The number of sulfonamides is 1. The van der Waals surface area contributed by atoms with Crippen molar-refractivity contribution in [2.75, 3.05) is 6.54 Å². The van der Waals surface area contributed by atoms with E-state index in [1.54, 1.807) is 24.3 Å². The third-order valence-electron chi connectivity index (χ3n) is 3.15. The summed E-state index contributed by atoms with van der Waals surface area (Å²) in [5, 5.41) is 8.82. The molecule has 1 heterocycles. The largest absolute Gasteiger partial charge is 0.481 e. The third-order valence-corrected chi connectivity index (χ3v) is 5.01. The molecule has 0 radical (unpaired) electrons. The van der Waals surface area contributed by atoms with Crippen LogP contribution in [0.15, 0.2) is 52.0 Å². The number of aliphatic carboxylic acids is 1. The van der Waals surface area contributed by atoms with Gasteiger partial charge in [0.1, 0.15) is 5.76 Å². The van der Waals surface area contributed by atoms with Gasteiger partial charge in [-0.05, 0) is 31.2 Å². The highest BCUT2D eigenvalue weighted by Crippen LogP contribution is 2.19. The third kappa shape index (κ3) is 3.96. The van der Waals surface area contributed by atoms with Crippen LogP contribution in [-0.2, 0) is 21.4 Å². The van der Waals surface area contributed by atoms with E-state index < -0.39 is 16.0 Å². The molecular weight excluding hydrogens is 306 g/mol. The SMILES string of the molecule is Cc1ccc(S(=O)(=O)N(CCC(=O)O)Cc2ccco2)cc1. The van der Waals surface area contributed by atoms with Crippen LogP contribution in [0.1, 0.15) is 17.7 Å². The molecule has 0 spiro atoms. The predicted octanol–water partition coefficient (Wildman–Crippen LogP) is 2.25. The fourth-order valence-corrected chi connectivity index (χ4v) is 3.35. The second-order valence-corrected chi connectivity index (χ2v) is 6.81. The van der Waals surface area contributed by atoms with Gasteiger partial charge in [0, 0.05) is 6.54 Å². The first-order valence-corrected chi connectivity index (χ1v) is 8.14. The summed E-state index contributed by atoms with van der Waals surface area (Å²) in [5.41, 5.74) is 0.946.